The van der Waals surface area contributed by atoms with Gasteiger partial charge >= 0.3 is 0 Å². The van der Waals surface area contributed by atoms with E-state index >= 15 is 0 Å². The highest BCUT2D eigenvalue weighted by Crippen LogP contribution is 2.19. The first-order valence-corrected chi connectivity index (χ1v) is 31.4. The molecule has 0 bridgehead atoms. The van der Waals surface area contributed by atoms with E-state index in [1.807, 2.05) is 13.8 Å². The summed E-state index contributed by atoms with van der Waals surface area (Å²) in [5, 5.41) is 26.4. The van der Waals surface area contributed by atoms with Crippen LogP contribution in [-0.4, -0.2) is 251 Å². The monoisotopic (exact) mass is 1290 g/mol. The number of aliphatic hydroxyl groups excluding tert-OH is 1. The number of hydrogen-bond donors (Lipinski definition) is 7. The number of amides is 13. The summed E-state index contributed by atoms with van der Waals surface area (Å²) in [5.41, 5.74) is 1.40. The molecule has 12 atom stereocenters. The lowest BCUT2D eigenvalue weighted by atomic mass is 9.99. The van der Waals surface area contributed by atoms with Crippen LogP contribution in [0.4, 0.5) is 0 Å². The second kappa shape index (κ2) is 35.9. The smallest absolute Gasteiger partial charge is 0.255 e. The van der Waals surface area contributed by atoms with Crippen molar-refractivity contribution in [3.8, 4) is 0 Å². The van der Waals surface area contributed by atoms with Crippen LogP contribution in [0.2, 0.25) is 0 Å². The van der Waals surface area contributed by atoms with Crippen molar-refractivity contribution >= 4 is 76.8 Å². The van der Waals surface area contributed by atoms with Gasteiger partial charge in [0.1, 0.15) is 60.4 Å². The van der Waals surface area contributed by atoms with Gasteiger partial charge in [0, 0.05) is 82.2 Å². The van der Waals surface area contributed by atoms with Crippen LogP contribution in [0.3, 0.4) is 0 Å². The fourth-order valence-electron chi connectivity index (χ4n) is 10.7. The zero-order chi connectivity index (χ0) is 69.8. The summed E-state index contributed by atoms with van der Waals surface area (Å²) in [7, 11) is 9.64. The van der Waals surface area contributed by atoms with Crippen LogP contribution >= 0.6 is 0 Å². The second-order valence-electron chi connectivity index (χ2n) is 24.8. The maximum absolute atomic E-state index is 14.6. The minimum Gasteiger partial charge on any atom is -0.391 e. The molecule has 0 radical (unpaired) electrons. The van der Waals surface area contributed by atoms with Crippen molar-refractivity contribution in [2.75, 3.05) is 62.4 Å². The van der Waals surface area contributed by atoms with Crippen LogP contribution in [0.1, 0.15) is 113 Å². The van der Waals surface area contributed by atoms with E-state index in [9.17, 15) is 67.4 Å². The first-order chi connectivity index (χ1) is 43.0. The van der Waals surface area contributed by atoms with Gasteiger partial charge in [-0.25, -0.2) is 0 Å². The number of carbonyl (C=O) groups is 13. The summed E-state index contributed by atoms with van der Waals surface area (Å²) in [6.07, 6.45) is 0.549. The Morgan fingerprint density at radius 3 is 1.39 bits per heavy atom. The predicted octanol–water partition coefficient (Wildman–Crippen LogP) is -0.181. The van der Waals surface area contributed by atoms with Gasteiger partial charge in [-0.15, -0.1) is 0 Å². The topological polar surface area (TPSA) is 337 Å². The predicted molar refractivity (Wildman–Crippen MR) is 344 cm³/mol. The van der Waals surface area contributed by atoms with E-state index in [0.717, 1.165) is 31.6 Å². The number of likely N-dealkylation sites (N-methyl/N-ethyl adjacent to an activating group) is 7. The summed E-state index contributed by atoms with van der Waals surface area (Å²) < 4.78 is 0. The highest BCUT2D eigenvalue weighted by Gasteiger charge is 2.43. The molecule has 7 N–H and O–H groups in total. The first-order valence-electron chi connectivity index (χ1n) is 31.4. The van der Waals surface area contributed by atoms with Crippen LogP contribution in [0, 0.1) is 11.8 Å². The van der Waals surface area contributed by atoms with E-state index in [-0.39, 0.29) is 50.1 Å². The van der Waals surface area contributed by atoms with E-state index in [1.165, 1.54) is 112 Å². The number of likely N-dealkylation sites (tertiary alicyclic amines) is 1. The molecule has 1 aliphatic rings. The van der Waals surface area contributed by atoms with E-state index in [0.29, 0.717) is 18.4 Å². The lowest BCUT2D eigenvalue weighted by Gasteiger charge is -2.36. The third-order valence-corrected chi connectivity index (χ3v) is 17.0. The molecule has 510 valence electrons. The quantitative estimate of drug-likeness (QED) is 0.0482. The Hall–Kier alpha value is -8.49. The van der Waals surface area contributed by atoms with Gasteiger partial charge in [0.2, 0.25) is 65.0 Å². The third kappa shape index (κ3) is 21.3. The SMILES string of the molecule is CNC(=O)[C@H](C(C)C)N(C)C(=O)[C@H](C)N(C)C(=O)[C@H](CC(C)C)NC(=O)[C@H](Cc1ccccc1)N(C)C(=O)[C@H](C)NC(=O)[C@H](C)N(C)C(=O)C(NC(=O)[C@@H](NC(=O)[C@H](C)N(C)C(=O)[C@H](C)N(C)C(=O)[C@H](Cc1ccccc1)NC(C)=O)[C@@H](C)O)C(=O)N1CCCCC1. The molecule has 0 spiro atoms. The maximum atomic E-state index is 14.6. The van der Waals surface area contributed by atoms with Gasteiger partial charge in [0.05, 0.1) is 6.10 Å². The van der Waals surface area contributed by atoms with Crippen molar-refractivity contribution in [1.29, 1.82) is 0 Å². The summed E-state index contributed by atoms with van der Waals surface area (Å²) in [4.78, 5) is 189. The lowest BCUT2D eigenvalue weighted by molar-refractivity contribution is -0.150. The lowest BCUT2D eigenvalue weighted by Crippen LogP contribution is -2.64. The molecule has 27 nitrogen and oxygen atoms in total. The summed E-state index contributed by atoms with van der Waals surface area (Å²) in [6, 6.07) is 3.28. The zero-order valence-electron chi connectivity index (χ0n) is 56.9. The van der Waals surface area contributed by atoms with Crippen LogP contribution in [0.5, 0.6) is 0 Å². The highest BCUT2D eigenvalue weighted by molar-refractivity contribution is 6.09. The molecule has 27 heteroatoms. The van der Waals surface area contributed by atoms with Crippen molar-refractivity contribution in [1.82, 2.24) is 66.2 Å². The Morgan fingerprint density at radius 1 is 0.467 bits per heavy atom. The molecule has 2 aromatic rings. The van der Waals surface area contributed by atoms with E-state index in [2.05, 4.69) is 31.9 Å². The van der Waals surface area contributed by atoms with Crippen molar-refractivity contribution in [2.45, 2.75) is 187 Å². The van der Waals surface area contributed by atoms with Crippen LogP contribution in [0.25, 0.3) is 0 Å². The van der Waals surface area contributed by atoms with Gasteiger partial charge in [-0.1, -0.05) is 88.4 Å². The number of aliphatic hydroxyl groups is 1. The van der Waals surface area contributed by atoms with Crippen molar-refractivity contribution in [3.05, 3.63) is 71.8 Å². The van der Waals surface area contributed by atoms with E-state index in [1.54, 1.807) is 74.5 Å². The molecule has 0 aliphatic carbocycles. The number of carbonyl (C=O) groups excluding carboxylic acids is 13. The average Bonchev–Trinajstić information content (AvgIpc) is 0.884. The maximum Gasteiger partial charge on any atom is 0.255 e. The van der Waals surface area contributed by atoms with Crippen molar-refractivity contribution in [3.63, 3.8) is 0 Å². The summed E-state index contributed by atoms with van der Waals surface area (Å²) in [5.74, 6) is -9.97. The minimum atomic E-state index is -2.00. The van der Waals surface area contributed by atoms with Crippen LogP contribution < -0.4 is 31.9 Å². The van der Waals surface area contributed by atoms with Crippen LogP contribution in [0.15, 0.2) is 60.7 Å². The number of rotatable bonds is 31. The molecule has 1 saturated heterocycles. The normalized spacial score (nSPS) is 16.1. The van der Waals surface area contributed by atoms with Gasteiger partial charge in [-0.05, 0) is 90.2 Å². The molecule has 0 aromatic heterocycles. The number of hydrogen-bond acceptors (Lipinski definition) is 14. The standard InChI is InChI=1S/C65H101N13O14/c1-37(2)34-48(62(89)75(16)43(9)61(88)77(18)53(38(3)4)58(85)66-12)69-56(83)50(36-47-30-24-20-25-31-47)76(17)59(86)39(5)67-54(81)40(6)73(14)64(91)52(65(92)78-32-26-21-27-33-78)71-57(84)51(44(10)79)70-55(82)41(7)72(13)60(87)42(8)74(15)63(90)49(68-45(11)80)35-46-28-22-19-23-29-46/h19-20,22-25,28-31,37-44,48-53,79H,21,26-27,32-36H2,1-18H3,(H,66,85)(H,67,81)(H,68,80)(H,69,83)(H,70,82)(H,71,84)/t39-,40-,41-,42-,43-,44+,48-,49-,50-,51-,52?,53-/m0/s1. The Morgan fingerprint density at radius 2 is 0.924 bits per heavy atom. The molecule has 2 aromatic carbocycles. The number of nitrogens with zero attached hydrogens (tertiary/aromatic N) is 7. The van der Waals surface area contributed by atoms with Crippen molar-refractivity contribution < 1.29 is 67.4 Å². The molecule has 1 fully saturated rings. The Labute approximate surface area is 541 Å². The molecule has 1 unspecified atom stereocenters. The molecule has 92 heavy (non-hydrogen) atoms. The zero-order valence-corrected chi connectivity index (χ0v) is 56.9. The largest absolute Gasteiger partial charge is 0.391 e. The van der Waals surface area contributed by atoms with Crippen LogP contribution in [-0.2, 0) is 75.2 Å². The number of benzene rings is 2. The molecular weight excluding hydrogens is 1190 g/mol. The summed E-state index contributed by atoms with van der Waals surface area (Å²) >= 11 is 0. The molecule has 13 amide bonds. The molecule has 1 heterocycles. The van der Waals surface area contributed by atoms with Crippen molar-refractivity contribution in [2.24, 2.45) is 11.8 Å². The van der Waals surface area contributed by atoms with Gasteiger partial charge in [0.15, 0.2) is 6.04 Å². The fourth-order valence-corrected chi connectivity index (χ4v) is 10.7. The average molecular weight is 1290 g/mol. The van der Waals surface area contributed by atoms with Gasteiger partial charge < -0.3 is 71.3 Å². The van der Waals surface area contributed by atoms with E-state index < -0.39 is 143 Å². The second-order valence-corrected chi connectivity index (χ2v) is 24.8. The Balaban J connectivity index is 1.85. The summed E-state index contributed by atoms with van der Waals surface area (Å²) in [6.45, 7) is 17.2. The van der Waals surface area contributed by atoms with E-state index in [4.69, 9.17) is 0 Å². The van der Waals surface area contributed by atoms with Gasteiger partial charge in [-0.2, -0.15) is 0 Å². The Kier molecular flexibility index (Phi) is 30.4. The first kappa shape index (κ1) is 77.8. The molecule has 1 aliphatic heterocycles. The number of nitrogens with one attached hydrogen (secondary N) is 6. The number of piperidine rings is 1. The highest BCUT2D eigenvalue weighted by atomic mass is 16.3. The Bertz CT molecular complexity index is 2910. The molecule has 0 saturated carbocycles. The third-order valence-electron chi connectivity index (χ3n) is 17.0. The minimum absolute atomic E-state index is 0.0370. The van der Waals surface area contributed by atoms with Gasteiger partial charge in [-0.3, -0.25) is 62.3 Å². The molecular formula is C65H101N13O14. The molecule has 3 rings (SSSR count). The fraction of sp³-hybridized carbons (Fsp3) is 0.615. The van der Waals surface area contributed by atoms with Gasteiger partial charge in [0.25, 0.3) is 11.8 Å².